The van der Waals surface area contributed by atoms with Gasteiger partial charge in [0, 0.05) is 29.7 Å². The topological polar surface area (TPSA) is 60.0 Å². The van der Waals surface area contributed by atoms with Crippen LogP contribution in [0.25, 0.3) is 5.69 Å². The van der Waals surface area contributed by atoms with E-state index < -0.39 is 29.3 Å². The van der Waals surface area contributed by atoms with Crippen LogP contribution in [0.3, 0.4) is 0 Å². The molecule has 0 saturated carbocycles. The molecule has 2 heterocycles. The number of rotatable bonds is 5. The highest BCUT2D eigenvalue weighted by Gasteiger charge is 2.22. The number of aryl methyl sites for hydroxylation is 2. The van der Waals surface area contributed by atoms with Crippen LogP contribution in [0.5, 0.6) is 0 Å². The Morgan fingerprint density at radius 2 is 1.79 bits per heavy atom. The fourth-order valence-electron chi connectivity index (χ4n) is 3.93. The summed E-state index contributed by atoms with van der Waals surface area (Å²) in [5.74, 6) is -1.47. The van der Waals surface area contributed by atoms with Gasteiger partial charge in [-0.1, -0.05) is 29.8 Å². The molecule has 0 aliphatic rings. The lowest BCUT2D eigenvalue weighted by molar-refractivity contribution is 0.217. The van der Waals surface area contributed by atoms with Gasteiger partial charge >= 0.3 is 0 Å². The molecule has 4 rings (SSSR count). The molecule has 2 aromatic heterocycles. The van der Waals surface area contributed by atoms with Crippen molar-refractivity contribution < 1.29 is 13.9 Å². The molecule has 0 aliphatic heterocycles. The van der Waals surface area contributed by atoms with E-state index in [1.165, 1.54) is 22.9 Å². The second-order valence-corrected chi connectivity index (χ2v) is 8.48. The molecule has 1 N–H and O–H groups in total. The second kappa shape index (κ2) is 8.92. The minimum absolute atomic E-state index is 0.0579. The average Bonchev–Trinajstić information content (AvgIpc) is 3.20. The van der Waals surface area contributed by atoms with Crippen molar-refractivity contribution in [2.75, 3.05) is 0 Å². The van der Waals surface area contributed by atoms with E-state index in [0.717, 1.165) is 29.1 Å². The van der Waals surface area contributed by atoms with Crippen molar-refractivity contribution in [3.63, 3.8) is 0 Å². The normalized spacial score (nSPS) is 13.2. The molecule has 4 aromatic rings. The maximum absolute atomic E-state index is 14.3. The quantitative estimate of drug-likeness (QED) is 0.433. The van der Waals surface area contributed by atoms with Gasteiger partial charge < -0.3 is 14.2 Å². The summed E-state index contributed by atoms with van der Waals surface area (Å²) in [5.41, 5.74) is 2.85. The van der Waals surface area contributed by atoms with Gasteiger partial charge in [0.25, 0.3) is 5.56 Å². The van der Waals surface area contributed by atoms with E-state index in [2.05, 4.69) is 4.98 Å². The molecule has 2 aromatic carbocycles. The molecule has 0 fully saturated rings. The van der Waals surface area contributed by atoms with Crippen molar-refractivity contribution in [3.8, 4) is 5.69 Å². The summed E-state index contributed by atoms with van der Waals surface area (Å²) in [6.45, 7) is 5.40. The van der Waals surface area contributed by atoms with Crippen molar-refractivity contribution in [1.82, 2.24) is 14.1 Å². The van der Waals surface area contributed by atoms with Crippen molar-refractivity contribution >= 4 is 11.6 Å². The van der Waals surface area contributed by atoms with Crippen LogP contribution in [-0.2, 0) is 0 Å². The zero-order valence-corrected chi connectivity index (χ0v) is 19.0. The Morgan fingerprint density at radius 1 is 1.03 bits per heavy atom. The molecule has 0 amide bonds. The van der Waals surface area contributed by atoms with Crippen LogP contribution in [0, 0.1) is 25.5 Å². The first-order valence-electron chi connectivity index (χ1n) is 10.3. The SMILES string of the molecule is Cc1cn(-c2ccc(C(O)c3cc(Cl)cn(C(C)c4ccc(F)cc4F)c3=O)cc2C)cn1. The van der Waals surface area contributed by atoms with Gasteiger partial charge in [0.05, 0.1) is 28.6 Å². The maximum atomic E-state index is 14.3. The minimum Gasteiger partial charge on any atom is -0.383 e. The highest BCUT2D eigenvalue weighted by atomic mass is 35.5. The van der Waals surface area contributed by atoms with Gasteiger partial charge in [-0.15, -0.1) is 0 Å². The molecule has 2 unspecified atom stereocenters. The average molecular weight is 470 g/mol. The first kappa shape index (κ1) is 22.9. The lowest BCUT2D eigenvalue weighted by atomic mass is 9.99. The van der Waals surface area contributed by atoms with Gasteiger partial charge in [0.1, 0.15) is 17.7 Å². The molecular formula is C25H22ClF2N3O2. The van der Waals surface area contributed by atoms with Gasteiger partial charge in [-0.3, -0.25) is 4.79 Å². The van der Waals surface area contributed by atoms with Crippen LogP contribution < -0.4 is 5.56 Å². The number of aromatic nitrogens is 3. The molecule has 0 saturated heterocycles. The lowest BCUT2D eigenvalue weighted by Gasteiger charge is -2.20. The molecule has 0 spiro atoms. The maximum Gasteiger partial charge on any atom is 0.257 e. The summed E-state index contributed by atoms with van der Waals surface area (Å²) in [6.07, 6.45) is 3.73. The van der Waals surface area contributed by atoms with E-state index in [9.17, 15) is 18.7 Å². The third kappa shape index (κ3) is 4.47. The summed E-state index contributed by atoms with van der Waals surface area (Å²) >= 11 is 6.25. The Balaban J connectivity index is 1.73. The summed E-state index contributed by atoms with van der Waals surface area (Å²) in [7, 11) is 0. The first-order chi connectivity index (χ1) is 15.7. The number of hydrogen-bond acceptors (Lipinski definition) is 3. The van der Waals surface area contributed by atoms with Crippen LogP contribution in [-0.4, -0.2) is 19.2 Å². The van der Waals surface area contributed by atoms with Crippen LogP contribution in [0.1, 0.15) is 47.0 Å². The Morgan fingerprint density at radius 3 is 2.42 bits per heavy atom. The van der Waals surface area contributed by atoms with Crippen LogP contribution in [0.2, 0.25) is 5.02 Å². The Kier molecular flexibility index (Phi) is 6.19. The Hall–Kier alpha value is -3.29. The molecule has 0 radical (unpaired) electrons. The van der Waals surface area contributed by atoms with E-state index in [1.54, 1.807) is 25.4 Å². The van der Waals surface area contributed by atoms with Crippen molar-refractivity contribution in [3.05, 3.63) is 116 Å². The molecule has 5 nitrogen and oxygen atoms in total. The number of benzene rings is 2. The third-order valence-corrected chi connectivity index (χ3v) is 5.89. The number of halogens is 3. The Bertz CT molecular complexity index is 1400. The number of imidazole rings is 1. The highest BCUT2D eigenvalue weighted by molar-refractivity contribution is 6.30. The van der Waals surface area contributed by atoms with Crippen LogP contribution in [0.15, 0.2) is 66.0 Å². The number of hydrogen-bond donors (Lipinski definition) is 1. The predicted octanol–water partition coefficient (Wildman–Crippen LogP) is 5.27. The van der Waals surface area contributed by atoms with Gasteiger partial charge in [0.15, 0.2) is 0 Å². The van der Waals surface area contributed by atoms with Crippen molar-refractivity contribution in [2.45, 2.75) is 32.9 Å². The largest absolute Gasteiger partial charge is 0.383 e. The minimum atomic E-state index is -1.25. The molecule has 0 bridgehead atoms. The Labute approximate surface area is 194 Å². The monoisotopic (exact) mass is 469 g/mol. The van der Waals surface area contributed by atoms with Gasteiger partial charge in [-0.05, 0) is 50.1 Å². The number of nitrogens with zero attached hydrogens (tertiary/aromatic N) is 3. The van der Waals surface area contributed by atoms with Gasteiger partial charge in [-0.2, -0.15) is 0 Å². The molecule has 8 heteroatoms. The van der Waals surface area contributed by atoms with Gasteiger partial charge in [-0.25, -0.2) is 13.8 Å². The first-order valence-corrected chi connectivity index (χ1v) is 10.7. The van der Waals surface area contributed by atoms with Crippen LogP contribution in [0.4, 0.5) is 8.78 Å². The number of pyridine rings is 1. The van der Waals surface area contributed by atoms with Crippen LogP contribution >= 0.6 is 11.6 Å². The van der Waals surface area contributed by atoms with E-state index in [1.807, 2.05) is 30.7 Å². The standard InChI is InChI=1S/C25H22ClF2N3O2/c1-14-8-17(4-7-23(14)30-11-15(2)29-13-30)24(32)21-9-18(26)12-31(25(21)33)16(3)20-6-5-19(27)10-22(20)28/h4-13,16,24,32H,1-3H3. The van der Waals surface area contributed by atoms with E-state index >= 15 is 0 Å². The summed E-state index contributed by atoms with van der Waals surface area (Å²) < 4.78 is 30.8. The lowest BCUT2D eigenvalue weighted by Crippen LogP contribution is -2.28. The number of aliphatic hydroxyl groups is 1. The third-order valence-electron chi connectivity index (χ3n) is 5.69. The second-order valence-electron chi connectivity index (χ2n) is 8.04. The van der Waals surface area contributed by atoms with E-state index in [0.29, 0.717) is 5.56 Å². The zero-order valence-electron chi connectivity index (χ0n) is 18.3. The molecule has 33 heavy (non-hydrogen) atoms. The zero-order chi connectivity index (χ0) is 23.9. The molecule has 0 aliphatic carbocycles. The van der Waals surface area contributed by atoms with Crippen molar-refractivity contribution in [1.29, 1.82) is 0 Å². The molecule has 170 valence electrons. The van der Waals surface area contributed by atoms with Crippen molar-refractivity contribution in [2.24, 2.45) is 0 Å². The summed E-state index contributed by atoms with van der Waals surface area (Å²) in [4.78, 5) is 17.5. The predicted molar refractivity (Wildman–Crippen MR) is 123 cm³/mol. The smallest absolute Gasteiger partial charge is 0.257 e. The highest BCUT2D eigenvalue weighted by Crippen LogP contribution is 2.27. The molecule has 2 atom stereocenters. The fourth-order valence-corrected chi connectivity index (χ4v) is 4.16. The fraction of sp³-hybridized carbons (Fsp3) is 0.200. The summed E-state index contributed by atoms with van der Waals surface area (Å²) in [6, 6.07) is 9.19. The molecular weight excluding hydrogens is 448 g/mol. The van der Waals surface area contributed by atoms with E-state index in [4.69, 9.17) is 11.6 Å². The van der Waals surface area contributed by atoms with E-state index in [-0.39, 0.29) is 16.1 Å². The summed E-state index contributed by atoms with van der Waals surface area (Å²) in [5, 5.41) is 11.2. The number of aliphatic hydroxyl groups excluding tert-OH is 1. The van der Waals surface area contributed by atoms with Gasteiger partial charge in [0.2, 0.25) is 0 Å².